The van der Waals surface area contributed by atoms with Crippen LogP contribution in [0.5, 0.6) is 11.5 Å². The zero-order valence-electron chi connectivity index (χ0n) is 14.9. The molecule has 0 atom stereocenters. The number of rotatable bonds is 8. The molecule has 0 bridgehead atoms. The summed E-state index contributed by atoms with van der Waals surface area (Å²) in [6.45, 7) is 2.02. The van der Waals surface area contributed by atoms with Crippen molar-refractivity contribution in [2.24, 2.45) is 5.16 Å². The summed E-state index contributed by atoms with van der Waals surface area (Å²) in [6, 6.07) is 11.9. The molecule has 27 heavy (non-hydrogen) atoms. The van der Waals surface area contributed by atoms with E-state index < -0.39 is 5.91 Å². The Morgan fingerprint density at radius 3 is 2.89 bits per heavy atom. The van der Waals surface area contributed by atoms with Gasteiger partial charge < -0.3 is 19.6 Å². The highest BCUT2D eigenvalue weighted by Gasteiger charge is 2.11. The molecule has 0 heterocycles. The number of anilines is 1. The number of methoxy groups -OCH3 is 1. The van der Waals surface area contributed by atoms with E-state index >= 15 is 0 Å². The van der Waals surface area contributed by atoms with Crippen LogP contribution in [0.15, 0.2) is 41.6 Å². The van der Waals surface area contributed by atoms with Crippen LogP contribution in [-0.4, -0.2) is 32.4 Å². The highest BCUT2D eigenvalue weighted by atomic mass is 35.5. The topological polar surface area (TPSA) is 92.9 Å². The minimum atomic E-state index is -0.399. The number of carbonyl (C=O) groups is 1. The van der Waals surface area contributed by atoms with Gasteiger partial charge in [-0.1, -0.05) is 22.8 Å². The zero-order chi connectivity index (χ0) is 19.6. The first kappa shape index (κ1) is 20.1. The summed E-state index contributed by atoms with van der Waals surface area (Å²) in [5.41, 5.74) is 1.59. The molecular weight excluding hydrogens is 370 g/mol. The monoisotopic (exact) mass is 387 g/mol. The Morgan fingerprint density at radius 1 is 1.37 bits per heavy atom. The smallest absolute Gasteiger partial charge is 0.265 e. The van der Waals surface area contributed by atoms with E-state index in [2.05, 4.69) is 10.5 Å². The number of hydrogen-bond donors (Lipinski definition) is 1. The van der Waals surface area contributed by atoms with E-state index in [1.165, 1.54) is 13.3 Å². The maximum Gasteiger partial charge on any atom is 0.265 e. The number of nitrogens with one attached hydrogen (secondary N) is 1. The summed E-state index contributed by atoms with van der Waals surface area (Å²) in [4.78, 5) is 16.8. The van der Waals surface area contributed by atoms with Gasteiger partial charge in [-0.2, -0.15) is 5.26 Å². The van der Waals surface area contributed by atoms with Gasteiger partial charge in [0.2, 0.25) is 0 Å². The average molecular weight is 388 g/mol. The van der Waals surface area contributed by atoms with E-state index in [-0.39, 0.29) is 6.61 Å². The highest BCUT2D eigenvalue weighted by molar-refractivity contribution is 6.32. The summed E-state index contributed by atoms with van der Waals surface area (Å²) in [5.74, 6) is 0.532. The fraction of sp³-hybridized carbons (Fsp3) is 0.211. The Morgan fingerprint density at radius 2 is 2.19 bits per heavy atom. The Balaban J connectivity index is 1.92. The fourth-order valence-corrected chi connectivity index (χ4v) is 2.43. The predicted molar refractivity (Wildman–Crippen MR) is 103 cm³/mol. The van der Waals surface area contributed by atoms with Crippen molar-refractivity contribution in [1.82, 2.24) is 0 Å². The van der Waals surface area contributed by atoms with Crippen molar-refractivity contribution in [2.45, 2.75) is 6.92 Å². The molecule has 0 aromatic heterocycles. The van der Waals surface area contributed by atoms with Crippen molar-refractivity contribution in [3.05, 3.63) is 52.5 Å². The van der Waals surface area contributed by atoms with E-state index in [1.54, 1.807) is 36.4 Å². The van der Waals surface area contributed by atoms with Crippen LogP contribution >= 0.6 is 11.6 Å². The molecule has 8 heteroatoms. The minimum Gasteiger partial charge on any atom is -0.493 e. The quantitative estimate of drug-likeness (QED) is 0.551. The number of hydrogen-bond acceptors (Lipinski definition) is 6. The SMILES string of the molecule is CCOc1c(Cl)cc(/C=N\OCC(=O)Nc2cccc(C#N)c2)cc1OC. The highest BCUT2D eigenvalue weighted by Crippen LogP contribution is 2.35. The molecule has 0 aliphatic heterocycles. The second-order valence-electron chi connectivity index (χ2n) is 5.22. The summed E-state index contributed by atoms with van der Waals surface area (Å²) >= 11 is 6.18. The third kappa shape index (κ3) is 5.90. The molecule has 140 valence electrons. The lowest BCUT2D eigenvalue weighted by atomic mass is 10.2. The molecule has 2 rings (SSSR count). The molecule has 0 aliphatic carbocycles. The second-order valence-corrected chi connectivity index (χ2v) is 5.62. The van der Waals surface area contributed by atoms with Gasteiger partial charge in [-0.3, -0.25) is 4.79 Å². The van der Waals surface area contributed by atoms with Crippen molar-refractivity contribution in [3.63, 3.8) is 0 Å². The van der Waals surface area contributed by atoms with Gasteiger partial charge in [-0.05, 0) is 37.3 Å². The van der Waals surface area contributed by atoms with Gasteiger partial charge in [0.25, 0.3) is 5.91 Å². The number of amides is 1. The largest absolute Gasteiger partial charge is 0.493 e. The molecule has 0 unspecified atom stereocenters. The van der Waals surface area contributed by atoms with Crippen LogP contribution in [0.3, 0.4) is 0 Å². The number of carbonyl (C=O) groups excluding carboxylic acids is 1. The third-order valence-electron chi connectivity index (χ3n) is 3.29. The zero-order valence-corrected chi connectivity index (χ0v) is 15.6. The lowest BCUT2D eigenvalue weighted by Gasteiger charge is -2.11. The number of halogens is 1. The molecule has 0 aliphatic rings. The first-order valence-electron chi connectivity index (χ1n) is 8.03. The summed E-state index contributed by atoms with van der Waals surface area (Å²) in [5, 5.41) is 15.6. The molecule has 0 radical (unpaired) electrons. The van der Waals surface area contributed by atoms with Gasteiger partial charge in [0.05, 0.1) is 36.6 Å². The molecule has 1 amide bonds. The first-order chi connectivity index (χ1) is 13.1. The van der Waals surface area contributed by atoms with Crippen LogP contribution in [-0.2, 0) is 9.63 Å². The van der Waals surface area contributed by atoms with Crippen molar-refractivity contribution in [3.8, 4) is 17.6 Å². The van der Waals surface area contributed by atoms with E-state index in [1.807, 2.05) is 13.0 Å². The lowest BCUT2D eigenvalue weighted by Crippen LogP contribution is -2.17. The number of nitriles is 1. The number of nitrogens with zero attached hydrogens (tertiary/aromatic N) is 2. The number of ether oxygens (including phenoxy) is 2. The van der Waals surface area contributed by atoms with Gasteiger partial charge in [0.15, 0.2) is 18.1 Å². The van der Waals surface area contributed by atoms with Crippen molar-refractivity contribution < 1.29 is 19.1 Å². The molecule has 2 aromatic carbocycles. The van der Waals surface area contributed by atoms with Crippen LogP contribution in [0.1, 0.15) is 18.1 Å². The molecule has 2 aromatic rings. The van der Waals surface area contributed by atoms with E-state index in [9.17, 15) is 4.79 Å². The van der Waals surface area contributed by atoms with Gasteiger partial charge in [0, 0.05) is 11.3 Å². The number of oxime groups is 1. The minimum absolute atomic E-state index is 0.283. The first-order valence-corrected chi connectivity index (χ1v) is 8.40. The van der Waals surface area contributed by atoms with Gasteiger partial charge in [-0.15, -0.1) is 0 Å². The Kier molecular flexibility index (Phi) is 7.47. The maximum absolute atomic E-state index is 11.8. The second kappa shape index (κ2) is 10.0. The molecule has 0 spiro atoms. The van der Waals surface area contributed by atoms with E-state index in [4.69, 9.17) is 31.2 Å². The average Bonchev–Trinajstić information content (AvgIpc) is 2.67. The van der Waals surface area contributed by atoms with Crippen LogP contribution in [0, 0.1) is 11.3 Å². The van der Waals surface area contributed by atoms with Crippen LogP contribution < -0.4 is 14.8 Å². The van der Waals surface area contributed by atoms with Gasteiger partial charge >= 0.3 is 0 Å². The van der Waals surface area contributed by atoms with Crippen molar-refractivity contribution in [1.29, 1.82) is 5.26 Å². The molecule has 0 fully saturated rings. The van der Waals surface area contributed by atoms with E-state index in [0.29, 0.717) is 39.9 Å². The Bertz CT molecular complexity index is 878. The Hall–Kier alpha value is -3.24. The van der Waals surface area contributed by atoms with Crippen LogP contribution in [0.2, 0.25) is 5.02 Å². The van der Waals surface area contributed by atoms with Crippen LogP contribution in [0.4, 0.5) is 5.69 Å². The molecule has 7 nitrogen and oxygen atoms in total. The standard InChI is InChI=1S/C19H18ClN3O4/c1-3-26-19-16(20)8-14(9-17(19)25-2)11-22-27-12-18(24)23-15-6-4-5-13(7-15)10-21/h4-9,11H,3,12H2,1-2H3,(H,23,24)/b22-11-. The van der Waals surface area contributed by atoms with Crippen molar-refractivity contribution in [2.75, 3.05) is 25.6 Å². The molecule has 0 saturated heterocycles. The number of benzene rings is 2. The summed E-state index contributed by atoms with van der Waals surface area (Å²) in [6.07, 6.45) is 1.41. The molecular formula is C19H18ClN3O4. The lowest BCUT2D eigenvalue weighted by molar-refractivity contribution is -0.120. The van der Waals surface area contributed by atoms with Crippen LogP contribution in [0.25, 0.3) is 0 Å². The Labute approximate surface area is 162 Å². The predicted octanol–water partition coefficient (Wildman–Crippen LogP) is 3.61. The summed E-state index contributed by atoms with van der Waals surface area (Å²) in [7, 11) is 1.51. The third-order valence-corrected chi connectivity index (χ3v) is 3.57. The summed E-state index contributed by atoms with van der Waals surface area (Å²) < 4.78 is 10.7. The normalized spacial score (nSPS) is 10.3. The fourth-order valence-electron chi connectivity index (χ4n) is 2.16. The molecule has 0 saturated carbocycles. The molecule has 1 N–H and O–H groups in total. The van der Waals surface area contributed by atoms with Crippen molar-refractivity contribution >= 4 is 29.4 Å². The van der Waals surface area contributed by atoms with Gasteiger partial charge in [-0.25, -0.2) is 0 Å². The maximum atomic E-state index is 11.8. The van der Waals surface area contributed by atoms with Gasteiger partial charge in [0.1, 0.15) is 0 Å². The van der Waals surface area contributed by atoms with E-state index in [0.717, 1.165) is 0 Å².